The minimum atomic E-state index is -0.0533. The number of carbonyl (C=O) groups excluding carboxylic acids is 2. The average molecular weight is 345 g/mol. The number of nitrogens with one attached hydrogen (secondary N) is 1. The Morgan fingerprint density at radius 3 is 2.38 bits per heavy atom. The summed E-state index contributed by atoms with van der Waals surface area (Å²) < 4.78 is 0. The van der Waals surface area contributed by atoms with Crippen LogP contribution in [-0.4, -0.2) is 29.8 Å². The summed E-state index contributed by atoms with van der Waals surface area (Å²) in [6.07, 6.45) is 0.339. The third-order valence-electron chi connectivity index (χ3n) is 3.68. The molecule has 0 fully saturated rings. The van der Waals surface area contributed by atoms with Gasteiger partial charge in [0, 0.05) is 31.6 Å². The molecule has 0 saturated carbocycles. The van der Waals surface area contributed by atoms with Crippen LogP contribution in [0.15, 0.2) is 54.6 Å². The molecule has 0 spiro atoms. The molecule has 0 atom stereocenters. The van der Waals surface area contributed by atoms with Crippen LogP contribution in [0.5, 0.6) is 0 Å². The van der Waals surface area contributed by atoms with Gasteiger partial charge in [-0.1, -0.05) is 60.1 Å². The highest BCUT2D eigenvalue weighted by Crippen LogP contribution is 2.16. The third kappa shape index (κ3) is 5.70. The molecule has 24 heavy (non-hydrogen) atoms. The van der Waals surface area contributed by atoms with Gasteiger partial charge in [-0.25, -0.2) is 0 Å². The summed E-state index contributed by atoms with van der Waals surface area (Å²) in [6.45, 7) is 2.81. The van der Waals surface area contributed by atoms with Crippen molar-refractivity contribution >= 4 is 23.4 Å². The topological polar surface area (TPSA) is 49.4 Å². The fourth-order valence-electron chi connectivity index (χ4n) is 2.35. The van der Waals surface area contributed by atoms with E-state index in [4.69, 9.17) is 11.6 Å². The molecular formula is C19H21ClN2O2. The second-order valence-corrected chi connectivity index (χ2v) is 5.95. The van der Waals surface area contributed by atoms with E-state index in [0.717, 1.165) is 11.1 Å². The summed E-state index contributed by atoms with van der Waals surface area (Å²) >= 11 is 6.14. The van der Waals surface area contributed by atoms with Crippen molar-refractivity contribution in [3.05, 3.63) is 70.7 Å². The molecule has 0 bridgehead atoms. The average Bonchev–Trinajstić information content (AvgIpc) is 2.56. The van der Waals surface area contributed by atoms with Gasteiger partial charge < -0.3 is 10.2 Å². The number of amides is 2. The van der Waals surface area contributed by atoms with Gasteiger partial charge in [0.05, 0.1) is 6.42 Å². The van der Waals surface area contributed by atoms with Crippen LogP contribution < -0.4 is 5.32 Å². The van der Waals surface area contributed by atoms with Gasteiger partial charge in [0.2, 0.25) is 11.8 Å². The summed E-state index contributed by atoms with van der Waals surface area (Å²) in [6, 6.07) is 17.0. The highest BCUT2D eigenvalue weighted by atomic mass is 35.5. The van der Waals surface area contributed by atoms with Gasteiger partial charge >= 0.3 is 0 Å². The molecule has 2 rings (SSSR count). The van der Waals surface area contributed by atoms with Crippen LogP contribution in [0.2, 0.25) is 5.02 Å². The third-order valence-corrected chi connectivity index (χ3v) is 4.04. The van der Waals surface area contributed by atoms with Crippen molar-refractivity contribution in [2.24, 2.45) is 0 Å². The summed E-state index contributed by atoms with van der Waals surface area (Å²) in [5.41, 5.74) is 1.86. The summed E-state index contributed by atoms with van der Waals surface area (Å²) in [5.74, 6) is -0.102. The zero-order chi connectivity index (χ0) is 17.4. The Bertz CT molecular complexity index is 689. The molecule has 2 aromatic carbocycles. The summed E-state index contributed by atoms with van der Waals surface area (Å²) in [7, 11) is 0. The maximum atomic E-state index is 11.9. The minimum Gasteiger partial charge on any atom is -0.354 e. The molecule has 0 unspecified atom stereocenters. The van der Waals surface area contributed by atoms with Crippen molar-refractivity contribution in [2.45, 2.75) is 19.9 Å². The molecule has 0 aliphatic carbocycles. The first-order valence-corrected chi connectivity index (χ1v) is 8.23. The lowest BCUT2D eigenvalue weighted by atomic mass is 10.1. The molecule has 5 heteroatoms. The predicted molar refractivity (Wildman–Crippen MR) is 95.7 cm³/mol. The molecule has 2 amide bonds. The fourth-order valence-corrected chi connectivity index (χ4v) is 2.55. The standard InChI is InChI=1S/C19H21ClN2O2/c1-15(23)22(14-17-9-5-6-10-18(17)20)12-11-21-19(24)13-16-7-3-2-4-8-16/h2-10H,11-14H2,1H3,(H,21,24). The van der Waals surface area contributed by atoms with E-state index in [9.17, 15) is 9.59 Å². The van der Waals surface area contributed by atoms with Gasteiger partial charge in [-0.3, -0.25) is 9.59 Å². The predicted octanol–water partition coefficient (Wildman–Crippen LogP) is 3.05. The van der Waals surface area contributed by atoms with E-state index in [1.165, 1.54) is 6.92 Å². The number of halogens is 1. The zero-order valence-electron chi connectivity index (χ0n) is 13.7. The first-order valence-electron chi connectivity index (χ1n) is 7.86. The van der Waals surface area contributed by atoms with Crippen LogP contribution >= 0.6 is 11.6 Å². The molecule has 0 aromatic heterocycles. The number of hydrogen-bond acceptors (Lipinski definition) is 2. The molecule has 2 aromatic rings. The van der Waals surface area contributed by atoms with E-state index in [2.05, 4.69) is 5.32 Å². The Morgan fingerprint density at radius 1 is 1.04 bits per heavy atom. The molecule has 126 valence electrons. The summed E-state index contributed by atoms with van der Waals surface area (Å²) in [4.78, 5) is 25.4. The van der Waals surface area contributed by atoms with Crippen molar-refractivity contribution in [1.82, 2.24) is 10.2 Å². The maximum Gasteiger partial charge on any atom is 0.224 e. The van der Waals surface area contributed by atoms with Crippen LogP contribution in [0.4, 0.5) is 0 Å². The molecule has 0 aliphatic rings. The highest BCUT2D eigenvalue weighted by molar-refractivity contribution is 6.31. The van der Waals surface area contributed by atoms with E-state index in [0.29, 0.717) is 31.1 Å². The molecule has 1 N–H and O–H groups in total. The van der Waals surface area contributed by atoms with Crippen LogP contribution in [0.3, 0.4) is 0 Å². The normalized spacial score (nSPS) is 10.2. The minimum absolute atomic E-state index is 0.0489. The fraction of sp³-hybridized carbons (Fsp3) is 0.263. The van der Waals surface area contributed by atoms with E-state index in [1.807, 2.05) is 48.5 Å². The number of nitrogens with zero attached hydrogens (tertiary/aromatic N) is 1. The molecule has 0 radical (unpaired) electrons. The summed E-state index contributed by atoms with van der Waals surface area (Å²) in [5, 5.41) is 3.49. The lowest BCUT2D eigenvalue weighted by Gasteiger charge is -2.22. The van der Waals surface area contributed by atoms with Gasteiger partial charge in [-0.2, -0.15) is 0 Å². The largest absolute Gasteiger partial charge is 0.354 e. The molecular weight excluding hydrogens is 324 g/mol. The number of carbonyl (C=O) groups is 2. The Labute approximate surface area is 147 Å². The number of rotatable bonds is 7. The van der Waals surface area contributed by atoms with Gasteiger partial charge in [-0.15, -0.1) is 0 Å². The van der Waals surface area contributed by atoms with Crippen LogP contribution in [0.1, 0.15) is 18.1 Å². The van der Waals surface area contributed by atoms with Crippen molar-refractivity contribution in [3.8, 4) is 0 Å². The monoisotopic (exact) mass is 344 g/mol. The quantitative estimate of drug-likeness (QED) is 0.839. The lowest BCUT2D eigenvalue weighted by molar-refractivity contribution is -0.130. The smallest absolute Gasteiger partial charge is 0.224 e. The second kappa shape index (κ2) is 9.08. The van der Waals surface area contributed by atoms with E-state index in [-0.39, 0.29) is 11.8 Å². The number of benzene rings is 2. The molecule has 0 aliphatic heterocycles. The van der Waals surface area contributed by atoms with Gasteiger partial charge in [-0.05, 0) is 17.2 Å². The van der Waals surface area contributed by atoms with Gasteiger partial charge in [0.25, 0.3) is 0 Å². The van der Waals surface area contributed by atoms with Crippen molar-refractivity contribution in [2.75, 3.05) is 13.1 Å². The first-order chi connectivity index (χ1) is 11.6. The van der Waals surface area contributed by atoms with Crippen LogP contribution in [0, 0.1) is 0 Å². The molecule has 0 saturated heterocycles. The first kappa shape index (κ1) is 18.0. The number of hydrogen-bond donors (Lipinski definition) is 1. The van der Waals surface area contributed by atoms with Crippen LogP contribution in [-0.2, 0) is 22.6 Å². The van der Waals surface area contributed by atoms with E-state index < -0.39 is 0 Å². The van der Waals surface area contributed by atoms with Crippen molar-refractivity contribution in [1.29, 1.82) is 0 Å². The zero-order valence-corrected chi connectivity index (χ0v) is 14.4. The van der Waals surface area contributed by atoms with Gasteiger partial charge in [0.15, 0.2) is 0 Å². The SMILES string of the molecule is CC(=O)N(CCNC(=O)Cc1ccccc1)Cc1ccccc1Cl. The highest BCUT2D eigenvalue weighted by Gasteiger charge is 2.12. The van der Waals surface area contributed by atoms with E-state index >= 15 is 0 Å². The molecule has 0 heterocycles. The Hall–Kier alpha value is -2.33. The molecule has 4 nitrogen and oxygen atoms in total. The van der Waals surface area contributed by atoms with Crippen molar-refractivity contribution in [3.63, 3.8) is 0 Å². The Kier molecular flexibility index (Phi) is 6.82. The van der Waals surface area contributed by atoms with Gasteiger partial charge in [0.1, 0.15) is 0 Å². The van der Waals surface area contributed by atoms with E-state index in [1.54, 1.807) is 11.0 Å². The Morgan fingerprint density at radius 2 is 1.71 bits per heavy atom. The lowest BCUT2D eigenvalue weighted by Crippen LogP contribution is -2.37. The van der Waals surface area contributed by atoms with Crippen LogP contribution in [0.25, 0.3) is 0 Å². The van der Waals surface area contributed by atoms with Crippen molar-refractivity contribution < 1.29 is 9.59 Å². The maximum absolute atomic E-state index is 11.9. The second-order valence-electron chi connectivity index (χ2n) is 5.54. The Balaban J connectivity index is 1.82.